The van der Waals surface area contributed by atoms with Crippen molar-refractivity contribution in [3.05, 3.63) is 35.4 Å². The number of esters is 1. The van der Waals surface area contributed by atoms with Gasteiger partial charge in [-0.1, -0.05) is 12.1 Å². The lowest BCUT2D eigenvalue weighted by molar-refractivity contribution is 0.0169. The molecular formula is C13H17ClO4. The van der Waals surface area contributed by atoms with Gasteiger partial charge in [0.05, 0.1) is 18.3 Å². The molecule has 2 N–H and O–H groups in total. The number of carbonyl (C=O) groups is 1. The number of benzene rings is 1. The smallest absolute Gasteiger partial charge is 0.338 e. The van der Waals surface area contributed by atoms with Crippen molar-refractivity contribution < 1.29 is 19.7 Å². The zero-order chi connectivity index (χ0) is 13.5. The molecule has 0 bridgehead atoms. The highest BCUT2D eigenvalue weighted by atomic mass is 35.5. The van der Waals surface area contributed by atoms with Crippen LogP contribution in [-0.4, -0.2) is 34.8 Å². The molecule has 0 aromatic heterocycles. The van der Waals surface area contributed by atoms with Crippen LogP contribution < -0.4 is 0 Å². The summed E-state index contributed by atoms with van der Waals surface area (Å²) in [7, 11) is 0. The quantitative estimate of drug-likeness (QED) is 0.613. The second-order valence-electron chi connectivity index (χ2n) is 3.84. The first-order valence-electron chi connectivity index (χ1n) is 5.79. The summed E-state index contributed by atoms with van der Waals surface area (Å²) in [6, 6.07) is 6.39. The Morgan fingerprint density at radius 1 is 1.44 bits per heavy atom. The molecule has 2 atom stereocenters. The Bertz CT molecular complexity index is 394. The van der Waals surface area contributed by atoms with E-state index in [-0.39, 0.29) is 12.3 Å². The van der Waals surface area contributed by atoms with Gasteiger partial charge in [-0.3, -0.25) is 0 Å². The van der Waals surface area contributed by atoms with Gasteiger partial charge in [0, 0.05) is 5.88 Å². The van der Waals surface area contributed by atoms with E-state index in [1.165, 1.54) is 6.07 Å². The first kappa shape index (κ1) is 15.0. The standard InChI is InChI=1S/C13H17ClO4/c1-2-18-13(17)10-5-3-4-9(8-10)12(16)11(15)6-7-14/h3-5,8,11-12,15-16H,2,6-7H2,1H3. The predicted octanol–water partition coefficient (Wildman–Crippen LogP) is 1.89. The molecule has 4 nitrogen and oxygen atoms in total. The van der Waals surface area contributed by atoms with Crippen LogP contribution in [-0.2, 0) is 4.74 Å². The molecule has 0 spiro atoms. The van der Waals surface area contributed by atoms with E-state index in [0.29, 0.717) is 17.7 Å². The van der Waals surface area contributed by atoms with Gasteiger partial charge in [-0.25, -0.2) is 4.79 Å². The summed E-state index contributed by atoms with van der Waals surface area (Å²) in [5.74, 6) is -0.186. The third-order valence-corrected chi connectivity index (χ3v) is 2.73. The summed E-state index contributed by atoms with van der Waals surface area (Å²) in [6.45, 7) is 2.02. The molecular weight excluding hydrogens is 256 g/mol. The Kier molecular flexibility index (Phi) is 6.12. The number of hydrogen-bond donors (Lipinski definition) is 2. The van der Waals surface area contributed by atoms with Crippen molar-refractivity contribution in [2.75, 3.05) is 12.5 Å². The van der Waals surface area contributed by atoms with Gasteiger partial charge in [0.15, 0.2) is 0 Å². The normalized spacial score (nSPS) is 14.0. The highest BCUT2D eigenvalue weighted by Crippen LogP contribution is 2.20. The number of aliphatic hydroxyl groups is 2. The Hall–Kier alpha value is -1.10. The number of halogens is 1. The number of rotatable bonds is 6. The minimum absolute atomic E-state index is 0.260. The van der Waals surface area contributed by atoms with Gasteiger partial charge >= 0.3 is 5.97 Å². The average Bonchev–Trinajstić information content (AvgIpc) is 2.38. The van der Waals surface area contributed by atoms with Crippen molar-refractivity contribution in [1.82, 2.24) is 0 Å². The molecule has 0 radical (unpaired) electrons. The summed E-state index contributed by atoms with van der Waals surface area (Å²) < 4.78 is 4.87. The molecule has 0 aliphatic heterocycles. The second-order valence-corrected chi connectivity index (χ2v) is 4.21. The lowest BCUT2D eigenvalue weighted by atomic mass is 10.0. The molecule has 0 heterocycles. The predicted molar refractivity (Wildman–Crippen MR) is 68.7 cm³/mol. The first-order chi connectivity index (χ1) is 8.60. The van der Waals surface area contributed by atoms with Gasteiger partial charge in [0.25, 0.3) is 0 Å². The zero-order valence-corrected chi connectivity index (χ0v) is 10.9. The van der Waals surface area contributed by atoms with Gasteiger partial charge < -0.3 is 14.9 Å². The molecule has 1 aromatic carbocycles. The van der Waals surface area contributed by atoms with Gasteiger partial charge in [-0.05, 0) is 31.0 Å². The van der Waals surface area contributed by atoms with Gasteiger partial charge in [-0.2, -0.15) is 0 Å². The van der Waals surface area contributed by atoms with Crippen molar-refractivity contribution in [2.45, 2.75) is 25.6 Å². The molecule has 100 valence electrons. The highest BCUT2D eigenvalue weighted by Gasteiger charge is 2.19. The van der Waals surface area contributed by atoms with Gasteiger partial charge in [0.1, 0.15) is 6.10 Å². The molecule has 0 aliphatic rings. The van der Waals surface area contributed by atoms with Crippen molar-refractivity contribution in [3.8, 4) is 0 Å². The third kappa shape index (κ3) is 3.98. The molecule has 1 aromatic rings. The number of aliphatic hydroxyl groups excluding tert-OH is 2. The van der Waals surface area contributed by atoms with Crippen LogP contribution in [0.1, 0.15) is 35.4 Å². The fraction of sp³-hybridized carbons (Fsp3) is 0.462. The summed E-state index contributed by atoms with van der Waals surface area (Å²) >= 11 is 5.51. The molecule has 2 unspecified atom stereocenters. The van der Waals surface area contributed by atoms with Crippen LogP contribution in [0.25, 0.3) is 0 Å². The highest BCUT2D eigenvalue weighted by molar-refractivity contribution is 6.17. The SMILES string of the molecule is CCOC(=O)c1cccc(C(O)C(O)CCCl)c1. The van der Waals surface area contributed by atoms with E-state index in [9.17, 15) is 15.0 Å². The molecule has 0 aliphatic carbocycles. The average molecular weight is 273 g/mol. The van der Waals surface area contributed by atoms with E-state index in [1.807, 2.05) is 0 Å². The number of alkyl halides is 1. The van der Waals surface area contributed by atoms with Crippen LogP contribution >= 0.6 is 11.6 Å². The largest absolute Gasteiger partial charge is 0.462 e. The molecule has 5 heteroatoms. The van der Waals surface area contributed by atoms with Crippen molar-refractivity contribution >= 4 is 17.6 Å². The maximum absolute atomic E-state index is 11.5. The molecule has 0 saturated heterocycles. The van der Waals surface area contributed by atoms with E-state index in [2.05, 4.69) is 0 Å². The Labute approximate surface area is 111 Å². The summed E-state index contributed by atoms with van der Waals surface area (Å²) in [5.41, 5.74) is 0.824. The van der Waals surface area contributed by atoms with Gasteiger partial charge in [-0.15, -0.1) is 11.6 Å². The van der Waals surface area contributed by atoms with E-state index in [4.69, 9.17) is 16.3 Å². The lowest BCUT2D eigenvalue weighted by Crippen LogP contribution is -2.19. The van der Waals surface area contributed by atoms with Crippen molar-refractivity contribution in [1.29, 1.82) is 0 Å². The molecule has 0 amide bonds. The molecule has 1 rings (SSSR count). The van der Waals surface area contributed by atoms with Crippen molar-refractivity contribution in [2.24, 2.45) is 0 Å². The maximum atomic E-state index is 11.5. The minimum atomic E-state index is -1.06. The van der Waals surface area contributed by atoms with E-state index < -0.39 is 18.2 Å². The van der Waals surface area contributed by atoms with Crippen LogP contribution in [0, 0.1) is 0 Å². The zero-order valence-electron chi connectivity index (χ0n) is 10.2. The second kappa shape index (κ2) is 7.36. The Morgan fingerprint density at radius 3 is 2.78 bits per heavy atom. The number of ether oxygens (including phenoxy) is 1. The van der Waals surface area contributed by atoms with Gasteiger partial charge in [0.2, 0.25) is 0 Å². The van der Waals surface area contributed by atoms with E-state index in [0.717, 1.165) is 0 Å². The lowest BCUT2D eigenvalue weighted by Gasteiger charge is -2.17. The summed E-state index contributed by atoms with van der Waals surface area (Å²) in [4.78, 5) is 11.5. The Morgan fingerprint density at radius 2 is 2.17 bits per heavy atom. The monoisotopic (exact) mass is 272 g/mol. The summed E-state index contributed by atoms with van der Waals surface area (Å²) in [6.07, 6.45) is -1.72. The molecule has 0 fully saturated rings. The minimum Gasteiger partial charge on any atom is -0.462 e. The van der Waals surface area contributed by atoms with E-state index in [1.54, 1.807) is 25.1 Å². The molecule has 0 saturated carbocycles. The first-order valence-corrected chi connectivity index (χ1v) is 6.32. The van der Waals surface area contributed by atoms with Crippen LogP contribution in [0.15, 0.2) is 24.3 Å². The van der Waals surface area contributed by atoms with Crippen LogP contribution in [0.5, 0.6) is 0 Å². The summed E-state index contributed by atoms with van der Waals surface area (Å²) in [5, 5.41) is 19.5. The number of hydrogen-bond acceptors (Lipinski definition) is 4. The fourth-order valence-electron chi connectivity index (χ4n) is 1.56. The third-order valence-electron chi connectivity index (χ3n) is 2.51. The van der Waals surface area contributed by atoms with Crippen LogP contribution in [0.4, 0.5) is 0 Å². The van der Waals surface area contributed by atoms with Crippen LogP contribution in [0.2, 0.25) is 0 Å². The van der Waals surface area contributed by atoms with Crippen molar-refractivity contribution in [3.63, 3.8) is 0 Å². The maximum Gasteiger partial charge on any atom is 0.338 e. The van der Waals surface area contributed by atoms with E-state index >= 15 is 0 Å². The number of carbonyl (C=O) groups excluding carboxylic acids is 1. The molecule has 18 heavy (non-hydrogen) atoms. The van der Waals surface area contributed by atoms with Crippen LogP contribution in [0.3, 0.4) is 0 Å². The fourth-order valence-corrected chi connectivity index (χ4v) is 1.78. The topological polar surface area (TPSA) is 66.8 Å². The Balaban J connectivity index is 2.84.